The van der Waals surface area contributed by atoms with Crippen molar-refractivity contribution in [2.75, 3.05) is 0 Å². The molecule has 4 nitrogen and oxygen atoms in total. The summed E-state index contributed by atoms with van der Waals surface area (Å²) in [5, 5.41) is 4.56. The maximum atomic E-state index is 5.81. The lowest BCUT2D eigenvalue weighted by molar-refractivity contribution is 0.728. The number of hydrogen-bond donors (Lipinski definition) is 1. The minimum absolute atomic E-state index is 0.157. The first-order valence-electron chi connectivity index (χ1n) is 6.74. The van der Waals surface area contributed by atoms with Gasteiger partial charge in [-0.25, -0.2) is 9.67 Å². The van der Waals surface area contributed by atoms with Gasteiger partial charge in [-0.3, -0.25) is 0 Å². The highest BCUT2D eigenvalue weighted by atomic mass is 15.3. The Kier molecular flexibility index (Phi) is 4.00. The molecule has 0 spiro atoms. The van der Waals surface area contributed by atoms with E-state index in [4.69, 9.17) is 5.73 Å². The van der Waals surface area contributed by atoms with E-state index in [2.05, 4.69) is 36.9 Å². The second kappa shape index (κ2) is 5.53. The van der Waals surface area contributed by atoms with Crippen molar-refractivity contribution in [3.05, 3.63) is 41.3 Å². The van der Waals surface area contributed by atoms with Crippen molar-refractivity contribution in [3.63, 3.8) is 0 Å². The van der Waals surface area contributed by atoms with E-state index in [9.17, 15) is 0 Å². The van der Waals surface area contributed by atoms with Crippen LogP contribution in [0.25, 0.3) is 5.82 Å². The van der Waals surface area contributed by atoms with Crippen LogP contribution in [0, 0.1) is 6.92 Å². The molecule has 1 unspecified atom stereocenters. The number of pyridine rings is 1. The van der Waals surface area contributed by atoms with Crippen LogP contribution in [0.2, 0.25) is 0 Å². The third kappa shape index (κ3) is 3.20. The first-order chi connectivity index (χ1) is 8.97. The average molecular weight is 258 g/mol. The summed E-state index contributed by atoms with van der Waals surface area (Å²) in [5.41, 5.74) is 9.19. The molecule has 102 valence electrons. The van der Waals surface area contributed by atoms with Crippen molar-refractivity contribution < 1.29 is 0 Å². The van der Waals surface area contributed by atoms with Crippen LogP contribution < -0.4 is 5.73 Å². The van der Waals surface area contributed by atoms with E-state index in [0.717, 1.165) is 23.5 Å². The molecule has 4 heteroatoms. The van der Waals surface area contributed by atoms with Crippen LogP contribution in [0.15, 0.2) is 24.5 Å². The minimum Gasteiger partial charge on any atom is -0.328 e. The third-order valence-corrected chi connectivity index (χ3v) is 3.08. The molecule has 0 amide bonds. The number of hydrogen-bond acceptors (Lipinski definition) is 3. The first kappa shape index (κ1) is 13.7. The SMILES string of the molecule is Cc1cc(CC(C)N)cnc1-n1ccc(C(C)C)n1. The van der Waals surface area contributed by atoms with Gasteiger partial charge < -0.3 is 5.73 Å². The maximum absolute atomic E-state index is 5.81. The number of aromatic nitrogens is 3. The van der Waals surface area contributed by atoms with Crippen molar-refractivity contribution in [3.8, 4) is 5.82 Å². The second-order valence-corrected chi connectivity index (χ2v) is 5.51. The maximum Gasteiger partial charge on any atom is 0.156 e. The van der Waals surface area contributed by atoms with Crippen molar-refractivity contribution in [2.24, 2.45) is 5.73 Å². The Morgan fingerprint density at radius 2 is 2.05 bits per heavy atom. The molecule has 0 radical (unpaired) electrons. The zero-order valence-corrected chi connectivity index (χ0v) is 12.1. The molecular formula is C15H22N4. The van der Waals surface area contributed by atoms with E-state index in [-0.39, 0.29) is 6.04 Å². The monoisotopic (exact) mass is 258 g/mol. The summed E-state index contributed by atoms with van der Waals surface area (Å²) in [4.78, 5) is 4.52. The lowest BCUT2D eigenvalue weighted by atomic mass is 10.1. The van der Waals surface area contributed by atoms with Crippen LogP contribution in [0.5, 0.6) is 0 Å². The van der Waals surface area contributed by atoms with E-state index in [1.807, 2.05) is 30.1 Å². The molecule has 2 aromatic rings. The molecular weight excluding hydrogens is 236 g/mol. The van der Waals surface area contributed by atoms with Gasteiger partial charge >= 0.3 is 0 Å². The highest BCUT2D eigenvalue weighted by Gasteiger charge is 2.09. The van der Waals surface area contributed by atoms with Gasteiger partial charge in [-0.1, -0.05) is 19.9 Å². The summed E-state index contributed by atoms with van der Waals surface area (Å²) < 4.78 is 1.85. The summed E-state index contributed by atoms with van der Waals surface area (Å²) in [5.74, 6) is 1.32. The number of rotatable bonds is 4. The molecule has 2 N–H and O–H groups in total. The van der Waals surface area contributed by atoms with E-state index < -0.39 is 0 Å². The lowest BCUT2D eigenvalue weighted by Gasteiger charge is -2.09. The second-order valence-electron chi connectivity index (χ2n) is 5.51. The molecule has 0 saturated heterocycles. The highest BCUT2D eigenvalue weighted by Crippen LogP contribution is 2.16. The Morgan fingerprint density at radius 1 is 1.32 bits per heavy atom. The molecule has 0 fully saturated rings. The van der Waals surface area contributed by atoms with Crippen molar-refractivity contribution in [2.45, 2.75) is 46.1 Å². The van der Waals surface area contributed by atoms with Gasteiger partial charge in [0.15, 0.2) is 5.82 Å². The average Bonchev–Trinajstić information content (AvgIpc) is 2.77. The first-order valence-corrected chi connectivity index (χ1v) is 6.74. The van der Waals surface area contributed by atoms with Gasteiger partial charge in [0.25, 0.3) is 0 Å². The summed E-state index contributed by atoms with van der Waals surface area (Å²) in [6.45, 7) is 8.34. The molecule has 0 aromatic carbocycles. The molecule has 0 saturated carbocycles. The lowest BCUT2D eigenvalue weighted by Crippen LogP contribution is -2.18. The van der Waals surface area contributed by atoms with Crippen LogP contribution >= 0.6 is 0 Å². The largest absolute Gasteiger partial charge is 0.328 e. The summed E-state index contributed by atoms with van der Waals surface area (Å²) in [6.07, 6.45) is 4.71. The van der Waals surface area contributed by atoms with Crippen molar-refractivity contribution >= 4 is 0 Å². The quantitative estimate of drug-likeness (QED) is 0.917. The molecule has 2 heterocycles. The Bertz CT molecular complexity index is 555. The zero-order valence-electron chi connectivity index (χ0n) is 12.1. The van der Waals surface area contributed by atoms with E-state index in [1.54, 1.807) is 0 Å². The molecule has 2 rings (SSSR count). The topological polar surface area (TPSA) is 56.7 Å². The number of nitrogens with zero attached hydrogens (tertiary/aromatic N) is 3. The fourth-order valence-corrected chi connectivity index (χ4v) is 2.11. The fourth-order valence-electron chi connectivity index (χ4n) is 2.11. The predicted molar refractivity (Wildman–Crippen MR) is 77.5 cm³/mol. The fraction of sp³-hybridized carbons (Fsp3) is 0.467. The van der Waals surface area contributed by atoms with E-state index >= 15 is 0 Å². The van der Waals surface area contributed by atoms with Gasteiger partial charge in [0.05, 0.1) is 5.69 Å². The summed E-state index contributed by atoms with van der Waals surface area (Å²) in [7, 11) is 0. The third-order valence-electron chi connectivity index (χ3n) is 3.08. The normalized spacial score (nSPS) is 12.9. The van der Waals surface area contributed by atoms with E-state index in [1.165, 1.54) is 5.56 Å². The Morgan fingerprint density at radius 3 is 2.58 bits per heavy atom. The molecule has 0 bridgehead atoms. The van der Waals surface area contributed by atoms with Crippen molar-refractivity contribution in [1.29, 1.82) is 0 Å². The van der Waals surface area contributed by atoms with Crippen LogP contribution in [0.1, 0.15) is 43.5 Å². The van der Waals surface area contributed by atoms with Crippen LogP contribution in [0.4, 0.5) is 0 Å². The van der Waals surface area contributed by atoms with Gasteiger partial charge in [-0.15, -0.1) is 0 Å². The summed E-state index contributed by atoms with van der Waals surface area (Å²) >= 11 is 0. The standard InChI is InChI=1S/C15H22N4/c1-10(2)14-5-6-19(18-14)15-11(3)7-13(9-17-15)8-12(4)16/h5-7,9-10,12H,8,16H2,1-4H3. The van der Waals surface area contributed by atoms with Crippen LogP contribution in [0.3, 0.4) is 0 Å². The molecule has 19 heavy (non-hydrogen) atoms. The molecule has 2 aromatic heterocycles. The van der Waals surface area contributed by atoms with E-state index in [0.29, 0.717) is 5.92 Å². The van der Waals surface area contributed by atoms with Gasteiger partial charge in [0, 0.05) is 18.4 Å². The Hall–Kier alpha value is -1.68. The minimum atomic E-state index is 0.157. The molecule has 0 aliphatic rings. The van der Waals surface area contributed by atoms with Gasteiger partial charge in [0.2, 0.25) is 0 Å². The summed E-state index contributed by atoms with van der Waals surface area (Å²) in [6, 6.07) is 4.34. The van der Waals surface area contributed by atoms with Crippen LogP contribution in [-0.4, -0.2) is 20.8 Å². The van der Waals surface area contributed by atoms with Gasteiger partial charge in [0.1, 0.15) is 0 Å². The molecule has 1 atom stereocenters. The zero-order chi connectivity index (χ0) is 14.0. The van der Waals surface area contributed by atoms with Crippen LogP contribution in [-0.2, 0) is 6.42 Å². The number of nitrogens with two attached hydrogens (primary N) is 1. The van der Waals surface area contributed by atoms with Gasteiger partial charge in [-0.05, 0) is 43.4 Å². The predicted octanol–water partition coefficient (Wildman–Crippen LogP) is 2.59. The Labute approximate surface area is 114 Å². The highest BCUT2D eigenvalue weighted by molar-refractivity contribution is 5.35. The smallest absolute Gasteiger partial charge is 0.156 e. The number of aryl methyl sites for hydroxylation is 1. The molecule has 0 aliphatic heterocycles. The van der Waals surface area contributed by atoms with Gasteiger partial charge in [-0.2, -0.15) is 5.10 Å². The van der Waals surface area contributed by atoms with Crippen molar-refractivity contribution in [1.82, 2.24) is 14.8 Å². The molecule has 0 aliphatic carbocycles. The Balaban J connectivity index is 2.29.